The third kappa shape index (κ3) is 1.50. The Balaban J connectivity index is 2.00. The van der Waals surface area contributed by atoms with Gasteiger partial charge < -0.3 is 5.73 Å². The summed E-state index contributed by atoms with van der Waals surface area (Å²) in [6.45, 7) is 1.93. The maximum absolute atomic E-state index is 5.64. The fourth-order valence-corrected chi connectivity index (χ4v) is 2.31. The average Bonchev–Trinajstić information content (AvgIpc) is 2.83. The van der Waals surface area contributed by atoms with Crippen molar-refractivity contribution in [2.24, 2.45) is 0 Å². The van der Waals surface area contributed by atoms with Crippen molar-refractivity contribution >= 4 is 16.5 Å². The molecule has 1 saturated carbocycles. The molecule has 1 aliphatic rings. The summed E-state index contributed by atoms with van der Waals surface area (Å²) < 4.78 is 0. The van der Waals surface area contributed by atoms with Gasteiger partial charge in [-0.05, 0) is 19.8 Å². The lowest BCUT2D eigenvalue weighted by molar-refractivity contribution is 0.935. The number of hydrogen-bond acceptors (Lipinski definition) is 5. The number of nitrogen functional groups attached to an aromatic ring is 1. The van der Waals surface area contributed by atoms with Gasteiger partial charge in [0.05, 0.1) is 10.6 Å². The fraction of sp³-hybridized carbons (Fsp3) is 0.444. The predicted molar refractivity (Wildman–Crippen MR) is 58.6 cm³/mol. The van der Waals surface area contributed by atoms with Gasteiger partial charge in [0, 0.05) is 5.92 Å². The van der Waals surface area contributed by atoms with E-state index in [0.29, 0.717) is 11.0 Å². The number of thiazole rings is 1. The Labute approximate surface area is 90.8 Å². The quantitative estimate of drug-likeness (QED) is 0.808. The average molecular weight is 221 g/mol. The van der Waals surface area contributed by atoms with Gasteiger partial charge in [0.1, 0.15) is 5.82 Å². The van der Waals surface area contributed by atoms with Crippen molar-refractivity contribution in [3.8, 4) is 10.7 Å². The molecule has 0 saturated heterocycles. The number of nitrogens with two attached hydrogens (primary N) is 1. The van der Waals surface area contributed by atoms with Crippen molar-refractivity contribution in [1.29, 1.82) is 0 Å². The van der Waals surface area contributed by atoms with Crippen LogP contribution >= 0.6 is 11.3 Å². The minimum Gasteiger partial charge on any atom is -0.375 e. The summed E-state index contributed by atoms with van der Waals surface area (Å²) in [7, 11) is 0. The highest BCUT2D eigenvalue weighted by molar-refractivity contribution is 7.18. The molecule has 1 fully saturated rings. The van der Waals surface area contributed by atoms with Crippen LogP contribution in [0, 0.1) is 6.92 Å². The largest absolute Gasteiger partial charge is 0.375 e. The maximum atomic E-state index is 5.64. The number of aromatic nitrogens is 4. The first-order chi connectivity index (χ1) is 7.24. The van der Waals surface area contributed by atoms with Crippen LogP contribution < -0.4 is 5.73 Å². The van der Waals surface area contributed by atoms with E-state index in [1.807, 2.05) is 6.92 Å². The SMILES string of the molecule is Cc1nc(N)sc1-c1n[nH]c(C2CC2)n1. The second-order valence-electron chi connectivity index (χ2n) is 3.79. The van der Waals surface area contributed by atoms with Crippen molar-refractivity contribution in [2.45, 2.75) is 25.7 Å². The van der Waals surface area contributed by atoms with Gasteiger partial charge in [0.25, 0.3) is 0 Å². The second-order valence-corrected chi connectivity index (χ2v) is 4.82. The maximum Gasteiger partial charge on any atom is 0.193 e. The van der Waals surface area contributed by atoms with Crippen LogP contribution in [-0.2, 0) is 0 Å². The van der Waals surface area contributed by atoms with E-state index in [4.69, 9.17) is 5.73 Å². The summed E-state index contributed by atoms with van der Waals surface area (Å²) in [4.78, 5) is 9.59. The molecule has 0 atom stereocenters. The molecule has 15 heavy (non-hydrogen) atoms. The lowest BCUT2D eigenvalue weighted by Gasteiger charge is -1.88. The number of H-pyrrole nitrogens is 1. The van der Waals surface area contributed by atoms with E-state index in [9.17, 15) is 0 Å². The first-order valence-corrected chi connectivity index (χ1v) is 5.71. The van der Waals surface area contributed by atoms with E-state index in [-0.39, 0.29) is 0 Å². The van der Waals surface area contributed by atoms with E-state index in [1.54, 1.807) is 0 Å². The van der Waals surface area contributed by atoms with Gasteiger partial charge in [0.15, 0.2) is 11.0 Å². The molecule has 2 aromatic heterocycles. The Bertz CT molecular complexity index is 496. The highest BCUT2D eigenvalue weighted by Gasteiger charge is 2.27. The zero-order valence-electron chi connectivity index (χ0n) is 8.32. The molecule has 0 bridgehead atoms. The van der Waals surface area contributed by atoms with Crippen LogP contribution in [0.1, 0.15) is 30.3 Å². The van der Waals surface area contributed by atoms with Gasteiger partial charge in [-0.3, -0.25) is 5.10 Å². The second kappa shape index (κ2) is 3.03. The third-order valence-corrected chi connectivity index (χ3v) is 3.47. The monoisotopic (exact) mass is 221 g/mol. The Hall–Kier alpha value is -1.43. The molecule has 2 heterocycles. The Morgan fingerprint density at radius 3 is 2.80 bits per heavy atom. The summed E-state index contributed by atoms with van der Waals surface area (Å²) in [5.74, 6) is 2.32. The Morgan fingerprint density at radius 2 is 2.20 bits per heavy atom. The van der Waals surface area contributed by atoms with Crippen molar-refractivity contribution in [2.75, 3.05) is 5.73 Å². The summed E-state index contributed by atoms with van der Waals surface area (Å²) in [6.07, 6.45) is 2.44. The van der Waals surface area contributed by atoms with Crippen LogP contribution in [0.4, 0.5) is 5.13 Å². The molecule has 0 amide bonds. The van der Waals surface area contributed by atoms with Crippen LogP contribution in [0.15, 0.2) is 0 Å². The Kier molecular flexibility index (Phi) is 1.79. The Morgan fingerprint density at radius 1 is 1.40 bits per heavy atom. The number of hydrogen-bond donors (Lipinski definition) is 2. The number of aryl methyl sites for hydroxylation is 1. The van der Waals surface area contributed by atoms with Gasteiger partial charge in [-0.2, -0.15) is 5.10 Å². The van der Waals surface area contributed by atoms with Gasteiger partial charge in [0.2, 0.25) is 0 Å². The third-order valence-electron chi connectivity index (χ3n) is 2.48. The molecule has 0 unspecified atom stereocenters. The molecule has 3 N–H and O–H groups in total. The minimum absolute atomic E-state index is 0.570. The molecular weight excluding hydrogens is 210 g/mol. The summed E-state index contributed by atoms with van der Waals surface area (Å²) in [6, 6.07) is 0. The highest BCUT2D eigenvalue weighted by atomic mass is 32.1. The van der Waals surface area contributed by atoms with E-state index >= 15 is 0 Å². The molecule has 78 valence electrons. The zero-order chi connectivity index (χ0) is 10.4. The standard InChI is InChI=1S/C9H11N5S/c1-4-6(15-9(10)11-4)8-12-7(13-14-8)5-2-3-5/h5H,2-3H2,1H3,(H2,10,11)(H,12,13,14). The summed E-state index contributed by atoms with van der Waals surface area (Å²) >= 11 is 1.43. The molecule has 1 aliphatic carbocycles. The van der Waals surface area contributed by atoms with Crippen LogP contribution in [0.3, 0.4) is 0 Å². The van der Waals surface area contributed by atoms with Crippen LogP contribution in [0.25, 0.3) is 10.7 Å². The minimum atomic E-state index is 0.570. The molecule has 0 aliphatic heterocycles. The first kappa shape index (κ1) is 8.84. The number of rotatable bonds is 2. The van der Waals surface area contributed by atoms with Crippen LogP contribution in [0.5, 0.6) is 0 Å². The van der Waals surface area contributed by atoms with E-state index < -0.39 is 0 Å². The number of nitrogens with zero attached hydrogens (tertiary/aromatic N) is 3. The molecule has 0 aromatic carbocycles. The van der Waals surface area contributed by atoms with Gasteiger partial charge >= 0.3 is 0 Å². The van der Waals surface area contributed by atoms with Gasteiger partial charge in [-0.1, -0.05) is 11.3 Å². The van der Waals surface area contributed by atoms with Crippen molar-refractivity contribution in [3.63, 3.8) is 0 Å². The number of anilines is 1. The van der Waals surface area contributed by atoms with Crippen molar-refractivity contribution < 1.29 is 0 Å². The predicted octanol–water partition coefficient (Wildman–Crippen LogP) is 1.70. The lowest BCUT2D eigenvalue weighted by Crippen LogP contribution is -1.82. The normalized spacial score (nSPS) is 15.8. The topological polar surface area (TPSA) is 80.5 Å². The van der Waals surface area contributed by atoms with Crippen molar-refractivity contribution in [3.05, 3.63) is 11.5 Å². The van der Waals surface area contributed by atoms with E-state index in [2.05, 4.69) is 20.2 Å². The van der Waals surface area contributed by atoms with Gasteiger partial charge in [-0.25, -0.2) is 9.97 Å². The van der Waals surface area contributed by atoms with Gasteiger partial charge in [-0.15, -0.1) is 0 Å². The molecule has 0 spiro atoms. The van der Waals surface area contributed by atoms with Crippen LogP contribution in [0.2, 0.25) is 0 Å². The molecular formula is C9H11N5S. The molecule has 6 heteroatoms. The first-order valence-electron chi connectivity index (χ1n) is 4.89. The smallest absolute Gasteiger partial charge is 0.193 e. The lowest BCUT2D eigenvalue weighted by atomic mass is 10.4. The van der Waals surface area contributed by atoms with E-state index in [1.165, 1.54) is 24.2 Å². The van der Waals surface area contributed by atoms with Crippen molar-refractivity contribution in [1.82, 2.24) is 20.2 Å². The molecule has 5 nitrogen and oxygen atoms in total. The summed E-state index contributed by atoms with van der Waals surface area (Å²) in [5.41, 5.74) is 6.54. The molecule has 2 aromatic rings. The molecule has 3 rings (SSSR count). The fourth-order valence-electron chi connectivity index (χ4n) is 1.54. The number of aromatic amines is 1. The summed E-state index contributed by atoms with van der Waals surface area (Å²) in [5, 5.41) is 7.75. The van der Waals surface area contributed by atoms with Crippen LogP contribution in [-0.4, -0.2) is 20.2 Å². The molecule has 0 radical (unpaired) electrons. The highest BCUT2D eigenvalue weighted by Crippen LogP contribution is 2.39. The number of nitrogens with one attached hydrogen (secondary N) is 1. The zero-order valence-corrected chi connectivity index (χ0v) is 9.14. The van der Waals surface area contributed by atoms with E-state index in [0.717, 1.165) is 22.2 Å².